The van der Waals surface area contributed by atoms with Crippen LogP contribution < -0.4 is 5.32 Å². The number of hydrogen-bond donors (Lipinski definition) is 1. The smallest absolute Gasteiger partial charge is 0.348 e. The van der Waals surface area contributed by atoms with Crippen LogP contribution >= 0.6 is 23.1 Å². The first-order valence-electron chi connectivity index (χ1n) is 10.0. The monoisotopic (exact) mass is 492 g/mol. The zero-order valence-electron chi connectivity index (χ0n) is 18.9. The lowest BCUT2D eigenvalue weighted by molar-refractivity contribution is -0.113. The lowest BCUT2D eigenvalue weighted by atomic mass is 10.1. The molecule has 12 heteroatoms. The quantitative estimate of drug-likeness (QED) is 0.349. The molecule has 3 rings (SSSR count). The number of aryl methyl sites for hydroxylation is 1. The molecule has 1 N–H and O–H groups in total. The normalized spacial score (nSPS) is 10.8. The van der Waals surface area contributed by atoms with E-state index in [1.807, 2.05) is 24.5 Å². The van der Waals surface area contributed by atoms with E-state index in [-0.39, 0.29) is 27.1 Å². The Morgan fingerprint density at radius 2 is 1.91 bits per heavy atom. The van der Waals surface area contributed by atoms with Gasteiger partial charge >= 0.3 is 11.9 Å². The Balaban J connectivity index is 1.79. The first kappa shape index (κ1) is 24.5. The fourth-order valence-electron chi connectivity index (χ4n) is 3.17. The number of nitrogens with zero attached hydrogens (tertiary/aromatic N) is 3. The molecule has 1 amide bonds. The Hall–Kier alpha value is -3.12. The highest BCUT2D eigenvalue weighted by atomic mass is 32.2. The highest BCUT2D eigenvalue weighted by molar-refractivity contribution is 7.99. The summed E-state index contributed by atoms with van der Waals surface area (Å²) in [5.74, 6) is -0.168. The molecule has 0 unspecified atom stereocenters. The molecule has 0 spiro atoms. The van der Waals surface area contributed by atoms with Gasteiger partial charge in [0.25, 0.3) is 0 Å². The first-order valence-corrected chi connectivity index (χ1v) is 11.8. The summed E-state index contributed by atoms with van der Waals surface area (Å²) in [4.78, 5) is 37.2. The number of amides is 1. The number of hydrogen-bond acceptors (Lipinski definition) is 10. The van der Waals surface area contributed by atoms with Crippen LogP contribution in [0.25, 0.3) is 11.4 Å². The van der Waals surface area contributed by atoms with Gasteiger partial charge in [0, 0.05) is 6.54 Å². The van der Waals surface area contributed by atoms with Crippen molar-refractivity contribution in [1.29, 1.82) is 0 Å². The number of methoxy groups -OCH3 is 2. The number of esters is 2. The maximum Gasteiger partial charge on any atom is 0.348 e. The van der Waals surface area contributed by atoms with Crippen LogP contribution in [0, 0.1) is 13.8 Å². The molecule has 0 fully saturated rings. The zero-order valence-corrected chi connectivity index (χ0v) is 20.5. The van der Waals surface area contributed by atoms with Crippen LogP contribution in [0.1, 0.15) is 44.7 Å². The van der Waals surface area contributed by atoms with Gasteiger partial charge in [-0.05, 0) is 31.9 Å². The molecule has 10 nitrogen and oxygen atoms in total. The second-order valence-electron chi connectivity index (χ2n) is 6.93. The number of thioether (sulfide) groups is 1. The molecule has 3 aromatic heterocycles. The Bertz CT molecular complexity index is 1180. The molecular formula is C21H24N4O6S2. The van der Waals surface area contributed by atoms with Crippen LogP contribution in [0.3, 0.4) is 0 Å². The lowest BCUT2D eigenvalue weighted by Crippen LogP contribution is -2.16. The summed E-state index contributed by atoms with van der Waals surface area (Å²) in [5, 5.41) is 12.1. The summed E-state index contributed by atoms with van der Waals surface area (Å²) >= 11 is 2.19. The number of furan rings is 1. The molecule has 33 heavy (non-hydrogen) atoms. The minimum atomic E-state index is -0.648. The Morgan fingerprint density at radius 3 is 2.52 bits per heavy atom. The van der Waals surface area contributed by atoms with E-state index in [4.69, 9.17) is 13.9 Å². The summed E-state index contributed by atoms with van der Waals surface area (Å²) in [6.07, 6.45) is 2.45. The van der Waals surface area contributed by atoms with E-state index in [0.717, 1.165) is 29.1 Å². The summed E-state index contributed by atoms with van der Waals surface area (Å²) < 4.78 is 16.9. The number of aromatic nitrogens is 3. The second-order valence-corrected chi connectivity index (χ2v) is 8.89. The average molecular weight is 493 g/mol. The van der Waals surface area contributed by atoms with Crippen LogP contribution in [0.2, 0.25) is 0 Å². The molecule has 0 atom stereocenters. The zero-order chi connectivity index (χ0) is 24.1. The minimum Gasteiger partial charge on any atom is -0.469 e. The van der Waals surface area contributed by atoms with Gasteiger partial charge in [0.05, 0.1) is 37.4 Å². The van der Waals surface area contributed by atoms with E-state index in [1.54, 1.807) is 13.2 Å². The first-order chi connectivity index (χ1) is 15.8. The molecule has 0 aliphatic carbocycles. The van der Waals surface area contributed by atoms with E-state index < -0.39 is 11.9 Å². The molecule has 3 heterocycles. The number of carbonyl (C=O) groups is 3. The molecule has 3 aromatic rings. The highest BCUT2D eigenvalue weighted by Crippen LogP contribution is 2.34. The Kier molecular flexibility index (Phi) is 7.92. The predicted molar refractivity (Wildman–Crippen MR) is 124 cm³/mol. The summed E-state index contributed by atoms with van der Waals surface area (Å²) in [5.41, 5.74) is 1.37. The summed E-state index contributed by atoms with van der Waals surface area (Å²) in [6.45, 7) is 6.17. The maximum atomic E-state index is 12.7. The molecule has 176 valence electrons. The fourth-order valence-corrected chi connectivity index (χ4v) is 5.06. The van der Waals surface area contributed by atoms with E-state index in [2.05, 4.69) is 15.5 Å². The van der Waals surface area contributed by atoms with Gasteiger partial charge < -0.3 is 23.8 Å². The number of rotatable bonds is 9. The van der Waals surface area contributed by atoms with Crippen LogP contribution in [-0.4, -0.2) is 52.6 Å². The fraction of sp³-hybridized carbons (Fsp3) is 0.381. The van der Waals surface area contributed by atoms with Gasteiger partial charge in [0.1, 0.15) is 15.6 Å². The van der Waals surface area contributed by atoms with E-state index in [1.165, 1.54) is 26.0 Å². The van der Waals surface area contributed by atoms with E-state index >= 15 is 0 Å². The Morgan fingerprint density at radius 1 is 1.18 bits per heavy atom. The molecule has 0 aromatic carbocycles. The van der Waals surface area contributed by atoms with Crippen LogP contribution in [0.15, 0.2) is 21.9 Å². The van der Waals surface area contributed by atoms with Crippen molar-refractivity contribution in [1.82, 2.24) is 14.8 Å². The van der Waals surface area contributed by atoms with Gasteiger partial charge in [-0.15, -0.1) is 21.5 Å². The maximum absolute atomic E-state index is 12.7. The van der Waals surface area contributed by atoms with Crippen molar-refractivity contribution in [2.24, 2.45) is 0 Å². The van der Waals surface area contributed by atoms with Crippen molar-refractivity contribution in [2.75, 3.05) is 25.3 Å². The largest absolute Gasteiger partial charge is 0.469 e. The van der Waals surface area contributed by atoms with E-state index in [0.29, 0.717) is 23.1 Å². The van der Waals surface area contributed by atoms with Crippen molar-refractivity contribution in [3.05, 3.63) is 34.1 Å². The van der Waals surface area contributed by atoms with Crippen LogP contribution in [0.5, 0.6) is 0 Å². The topological polar surface area (TPSA) is 126 Å². The SMILES string of the molecule is CCCn1c(SCC(=O)Nc2sc(C(=O)OC)c(C)c2C(=O)OC)nnc1-c1ccoc1C. The van der Waals surface area contributed by atoms with Gasteiger partial charge in [0.2, 0.25) is 5.91 Å². The molecule has 0 radical (unpaired) electrons. The highest BCUT2D eigenvalue weighted by Gasteiger charge is 2.27. The predicted octanol–water partition coefficient (Wildman–Crippen LogP) is 3.93. The standard InChI is InChI=1S/C21H24N4O6S2/c1-6-8-25-17(13-7-9-31-12(13)3)23-24-21(25)32-10-14(26)22-18-15(19(27)29-4)11(2)16(33-18)20(28)30-5/h7,9H,6,8,10H2,1-5H3,(H,22,26). The van der Waals surface area contributed by atoms with E-state index in [9.17, 15) is 14.4 Å². The molecular weight excluding hydrogens is 468 g/mol. The van der Waals surface area contributed by atoms with Crippen molar-refractivity contribution in [3.8, 4) is 11.4 Å². The third-order valence-electron chi connectivity index (χ3n) is 4.76. The molecule has 0 aliphatic rings. The number of anilines is 1. The van der Waals surface area contributed by atoms with Gasteiger partial charge in [-0.3, -0.25) is 4.79 Å². The third kappa shape index (κ3) is 5.11. The number of carbonyl (C=O) groups excluding carboxylic acids is 3. The van der Waals surface area contributed by atoms with Crippen molar-refractivity contribution in [3.63, 3.8) is 0 Å². The van der Waals surface area contributed by atoms with Crippen molar-refractivity contribution in [2.45, 2.75) is 38.9 Å². The van der Waals surface area contributed by atoms with Gasteiger partial charge in [0.15, 0.2) is 11.0 Å². The van der Waals surface area contributed by atoms with Crippen LogP contribution in [-0.2, 0) is 20.8 Å². The van der Waals surface area contributed by atoms with Crippen molar-refractivity contribution < 1.29 is 28.3 Å². The average Bonchev–Trinajstić information content (AvgIpc) is 3.48. The molecule has 0 aliphatic heterocycles. The van der Waals surface area contributed by atoms with Crippen molar-refractivity contribution >= 4 is 45.9 Å². The molecule has 0 saturated carbocycles. The Labute approximate surface area is 198 Å². The summed E-state index contributed by atoms with van der Waals surface area (Å²) in [6, 6.07) is 1.83. The minimum absolute atomic E-state index is 0.0251. The third-order valence-corrected chi connectivity index (χ3v) is 6.91. The second kappa shape index (κ2) is 10.7. The van der Waals surface area contributed by atoms with Gasteiger partial charge in [-0.2, -0.15) is 0 Å². The number of nitrogens with one attached hydrogen (secondary N) is 1. The molecule has 0 bridgehead atoms. The molecule has 0 saturated heterocycles. The number of thiophene rings is 1. The van der Waals surface area contributed by atoms with Crippen LogP contribution in [0.4, 0.5) is 5.00 Å². The van der Waals surface area contributed by atoms with Gasteiger partial charge in [-0.1, -0.05) is 18.7 Å². The lowest BCUT2D eigenvalue weighted by Gasteiger charge is -2.09. The summed E-state index contributed by atoms with van der Waals surface area (Å²) in [7, 11) is 2.48. The number of ether oxygens (including phenoxy) is 2. The van der Waals surface area contributed by atoms with Gasteiger partial charge in [-0.25, -0.2) is 9.59 Å².